The topological polar surface area (TPSA) is 59.0 Å². The molecule has 1 aromatic heterocycles. The van der Waals surface area contributed by atoms with Crippen LogP contribution in [0.15, 0.2) is 28.7 Å². The highest BCUT2D eigenvalue weighted by Gasteiger charge is 2.23. The molecule has 1 atom stereocenters. The molecule has 7 heteroatoms. The highest BCUT2D eigenvalue weighted by atomic mass is 79.9. The lowest BCUT2D eigenvalue weighted by Gasteiger charge is -2.22. The second kappa shape index (κ2) is 6.40. The summed E-state index contributed by atoms with van der Waals surface area (Å²) in [4.78, 5) is 12.4. The van der Waals surface area contributed by atoms with E-state index in [-0.39, 0.29) is 11.9 Å². The Morgan fingerprint density at radius 2 is 2.32 bits per heavy atom. The summed E-state index contributed by atoms with van der Waals surface area (Å²) in [6, 6.07) is 7.50. The number of carbonyl (C=O) groups is 1. The first kappa shape index (κ1) is 15.5. The quantitative estimate of drug-likeness (QED) is 0.851. The predicted molar refractivity (Wildman–Crippen MR) is 90.4 cm³/mol. The minimum absolute atomic E-state index is 0.247. The smallest absolute Gasteiger partial charge is 0.276 e. The van der Waals surface area contributed by atoms with Gasteiger partial charge in [0.1, 0.15) is 0 Å². The third-order valence-electron chi connectivity index (χ3n) is 3.81. The number of nitrogens with zero attached hydrogens (tertiary/aromatic N) is 2. The lowest BCUT2D eigenvalue weighted by molar-refractivity contribution is 0.102. The molecule has 0 aliphatic carbocycles. The molecule has 0 saturated carbocycles. The normalized spacial score (nSPS) is 17.1. The third-order valence-corrected chi connectivity index (χ3v) is 5.11. The van der Waals surface area contributed by atoms with Gasteiger partial charge in [0, 0.05) is 17.1 Å². The summed E-state index contributed by atoms with van der Waals surface area (Å²) < 4.78 is 2.65. The summed E-state index contributed by atoms with van der Waals surface area (Å²) in [6.07, 6.45) is 2.11. The largest absolute Gasteiger partial charge is 0.319 e. The molecule has 2 heterocycles. The van der Waals surface area contributed by atoms with E-state index in [2.05, 4.69) is 31.7 Å². The number of aryl methyl sites for hydroxylation is 1. The molecule has 0 unspecified atom stereocenters. The van der Waals surface area contributed by atoms with Crippen LogP contribution in [0.3, 0.4) is 0 Å². The maximum absolute atomic E-state index is 12.4. The zero-order valence-electron chi connectivity index (χ0n) is 12.1. The van der Waals surface area contributed by atoms with Crippen LogP contribution in [0.4, 0.5) is 5.69 Å². The minimum atomic E-state index is -0.253. The van der Waals surface area contributed by atoms with Crippen molar-refractivity contribution in [2.75, 3.05) is 12.4 Å². The van der Waals surface area contributed by atoms with Crippen molar-refractivity contribution in [1.29, 1.82) is 0 Å². The monoisotopic (exact) mass is 382 g/mol. The summed E-state index contributed by atoms with van der Waals surface area (Å²) in [5.41, 5.74) is 2.03. The summed E-state index contributed by atoms with van der Waals surface area (Å²) >= 11 is 9.52. The van der Waals surface area contributed by atoms with Gasteiger partial charge >= 0.3 is 0 Å². The average molecular weight is 384 g/mol. The minimum Gasteiger partial charge on any atom is -0.319 e. The van der Waals surface area contributed by atoms with Crippen molar-refractivity contribution in [3.05, 3.63) is 45.1 Å². The molecule has 1 amide bonds. The molecule has 1 aliphatic rings. The van der Waals surface area contributed by atoms with E-state index in [9.17, 15) is 4.79 Å². The van der Waals surface area contributed by atoms with Gasteiger partial charge in [-0.3, -0.25) is 9.48 Å². The van der Waals surface area contributed by atoms with Crippen molar-refractivity contribution in [3.8, 4) is 0 Å². The van der Waals surface area contributed by atoms with Crippen LogP contribution in [0.25, 0.3) is 0 Å². The summed E-state index contributed by atoms with van der Waals surface area (Å²) in [7, 11) is 1.92. The molecule has 22 heavy (non-hydrogen) atoms. The zero-order valence-corrected chi connectivity index (χ0v) is 14.4. The van der Waals surface area contributed by atoms with Gasteiger partial charge in [-0.15, -0.1) is 0 Å². The maximum atomic E-state index is 12.4. The Morgan fingerprint density at radius 1 is 1.50 bits per heavy atom. The number of halogens is 2. The SMILES string of the molecule is CN[C@H]1CCCn2nc(C(=O)Nc3cccc(Br)c3Cl)cc21. The van der Waals surface area contributed by atoms with Crippen LogP contribution >= 0.6 is 27.5 Å². The van der Waals surface area contributed by atoms with E-state index in [4.69, 9.17) is 11.6 Å². The number of hydrogen-bond donors (Lipinski definition) is 2. The number of fused-ring (bicyclic) bond motifs is 1. The number of anilines is 1. The lowest BCUT2D eigenvalue weighted by atomic mass is 10.0. The van der Waals surface area contributed by atoms with Gasteiger partial charge in [0.15, 0.2) is 5.69 Å². The van der Waals surface area contributed by atoms with Crippen LogP contribution in [0.1, 0.15) is 35.1 Å². The van der Waals surface area contributed by atoms with E-state index < -0.39 is 0 Å². The van der Waals surface area contributed by atoms with Crippen LogP contribution < -0.4 is 10.6 Å². The van der Waals surface area contributed by atoms with Gasteiger partial charge in [0.25, 0.3) is 5.91 Å². The molecule has 0 radical (unpaired) electrons. The van der Waals surface area contributed by atoms with Gasteiger partial charge in [-0.1, -0.05) is 17.7 Å². The number of amides is 1. The van der Waals surface area contributed by atoms with E-state index in [1.165, 1.54) is 0 Å². The first-order chi connectivity index (χ1) is 10.6. The van der Waals surface area contributed by atoms with E-state index >= 15 is 0 Å². The van der Waals surface area contributed by atoms with Gasteiger partial charge in [-0.05, 0) is 54.0 Å². The van der Waals surface area contributed by atoms with Gasteiger partial charge < -0.3 is 10.6 Å². The standard InChI is InChI=1S/C15H16BrClN4O/c1-18-10-6-3-7-21-13(10)8-12(20-21)15(22)19-11-5-2-4-9(16)14(11)17/h2,4-5,8,10,18H,3,6-7H2,1H3,(H,19,22)/t10-/m0/s1. The van der Waals surface area contributed by atoms with Crippen molar-refractivity contribution in [1.82, 2.24) is 15.1 Å². The fraction of sp³-hybridized carbons (Fsp3) is 0.333. The summed E-state index contributed by atoms with van der Waals surface area (Å²) in [5, 5.41) is 11.0. The van der Waals surface area contributed by atoms with Gasteiger partial charge in [-0.25, -0.2) is 0 Å². The number of rotatable bonds is 3. The molecule has 1 aliphatic heterocycles. The molecule has 3 rings (SSSR count). The van der Waals surface area contributed by atoms with Gasteiger partial charge in [-0.2, -0.15) is 5.10 Å². The van der Waals surface area contributed by atoms with Crippen molar-refractivity contribution < 1.29 is 4.79 Å². The van der Waals surface area contributed by atoms with Gasteiger partial charge in [0.2, 0.25) is 0 Å². The number of nitrogens with one attached hydrogen (secondary N) is 2. The number of carbonyl (C=O) groups excluding carboxylic acids is 1. The Balaban J connectivity index is 1.84. The third kappa shape index (κ3) is 2.91. The molecule has 116 valence electrons. The van der Waals surface area contributed by atoms with E-state index in [0.29, 0.717) is 16.4 Å². The van der Waals surface area contributed by atoms with Crippen LogP contribution in [0.5, 0.6) is 0 Å². The lowest BCUT2D eigenvalue weighted by Crippen LogP contribution is -2.24. The highest BCUT2D eigenvalue weighted by Crippen LogP contribution is 2.30. The van der Waals surface area contributed by atoms with Crippen LogP contribution in [-0.4, -0.2) is 22.7 Å². The van der Waals surface area contributed by atoms with Crippen molar-refractivity contribution in [2.45, 2.75) is 25.4 Å². The molecule has 5 nitrogen and oxygen atoms in total. The number of aromatic nitrogens is 2. The van der Waals surface area contributed by atoms with E-state index in [1.807, 2.05) is 29.9 Å². The van der Waals surface area contributed by atoms with Crippen LogP contribution in [0, 0.1) is 0 Å². The summed E-state index contributed by atoms with van der Waals surface area (Å²) in [5.74, 6) is -0.253. The summed E-state index contributed by atoms with van der Waals surface area (Å²) in [6.45, 7) is 0.846. The Kier molecular flexibility index (Phi) is 4.52. The van der Waals surface area contributed by atoms with Crippen LogP contribution in [-0.2, 0) is 6.54 Å². The van der Waals surface area contributed by atoms with Crippen molar-refractivity contribution in [2.24, 2.45) is 0 Å². The Morgan fingerprint density at radius 3 is 3.09 bits per heavy atom. The molecule has 1 aromatic carbocycles. The first-order valence-corrected chi connectivity index (χ1v) is 8.27. The second-order valence-electron chi connectivity index (χ2n) is 5.22. The average Bonchev–Trinajstić information content (AvgIpc) is 2.96. The first-order valence-electron chi connectivity index (χ1n) is 7.10. The Bertz CT molecular complexity index is 716. The molecule has 2 aromatic rings. The molecule has 0 fully saturated rings. The maximum Gasteiger partial charge on any atom is 0.276 e. The fourth-order valence-electron chi connectivity index (χ4n) is 2.67. The van der Waals surface area contributed by atoms with Gasteiger partial charge in [0.05, 0.1) is 16.4 Å². The molecule has 0 spiro atoms. The number of benzene rings is 1. The molecule has 0 bridgehead atoms. The zero-order chi connectivity index (χ0) is 15.7. The van der Waals surface area contributed by atoms with Crippen molar-refractivity contribution >= 4 is 39.1 Å². The Labute approximate surface area is 142 Å². The Hall–Kier alpha value is -1.37. The molecular formula is C15H16BrClN4O. The highest BCUT2D eigenvalue weighted by molar-refractivity contribution is 9.10. The fourth-order valence-corrected chi connectivity index (χ4v) is 3.21. The van der Waals surface area contributed by atoms with Crippen LogP contribution in [0.2, 0.25) is 5.02 Å². The van der Waals surface area contributed by atoms with E-state index in [1.54, 1.807) is 6.07 Å². The van der Waals surface area contributed by atoms with Crippen molar-refractivity contribution in [3.63, 3.8) is 0 Å². The molecule has 2 N–H and O–H groups in total. The predicted octanol–water partition coefficient (Wildman–Crippen LogP) is 3.61. The number of hydrogen-bond acceptors (Lipinski definition) is 3. The second-order valence-corrected chi connectivity index (χ2v) is 6.45. The molecular weight excluding hydrogens is 368 g/mol. The van der Waals surface area contributed by atoms with E-state index in [0.717, 1.165) is 29.6 Å². The molecule has 0 saturated heterocycles.